The second-order valence-corrected chi connectivity index (χ2v) is 8.41. The summed E-state index contributed by atoms with van der Waals surface area (Å²) in [6, 6.07) is 5.86. The first-order valence-electron chi connectivity index (χ1n) is 9.81. The van der Waals surface area contributed by atoms with Crippen molar-refractivity contribution in [2.24, 2.45) is 0 Å². The van der Waals surface area contributed by atoms with Crippen molar-refractivity contribution in [1.82, 2.24) is 10.2 Å². The number of nitrogens with one attached hydrogen (secondary N) is 1. The zero-order chi connectivity index (χ0) is 19.6. The van der Waals surface area contributed by atoms with E-state index in [1.54, 1.807) is 25.7 Å². The summed E-state index contributed by atoms with van der Waals surface area (Å²) < 4.78 is 5.22. The van der Waals surface area contributed by atoms with Gasteiger partial charge in [0.05, 0.1) is 12.1 Å². The molecule has 1 heterocycles. The van der Waals surface area contributed by atoms with E-state index >= 15 is 0 Å². The van der Waals surface area contributed by atoms with Crippen LogP contribution in [0.3, 0.4) is 0 Å². The maximum absolute atomic E-state index is 12.3. The van der Waals surface area contributed by atoms with E-state index in [2.05, 4.69) is 11.4 Å². The molecule has 1 aliphatic carbocycles. The van der Waals surface area contributed by atoms with Gasteiger partial charge >= 0.3 is 6.09 Å². The molecule has 2 amide bonds. The standard InChI is InChI=1S/C21H30N2O4/c1-21(2,3)27-20(26)22-12-13-23-17(10-11-18(23)24)19(25)16-9-5-7-14-6-4-8-15(14)16/h5,7,9,17,19,25H,4,6,8,10-13H2,1-3H3,(H,22,26)/t17-,19+/m0/s1. The zero-order valence-corrected chi connectivity index (χ0v) is 16.5. The Kier molecular flexibility index (Phi) is 5.75. The van der Waals surface area contributed by atoms with Crippen molar-refractivity contribution in [2.75, 3.05) is 13.1 Å². The average molecular weight is 374 g/mol. The smallest absolute Gasteiger partial charge is 0.407 e. The fraction of sp³-hybridized carbons (Fsp3) is 0.619. The van der Waals surface area contributed by atoms with E-state index < -0.39 is 17.8 Å². The van der Waals surface area contributed by atoms with Gasteiger partial charge in [-0.05, 0) is 63.1 Å². The number of alkyl carbamates (subject to hydrolysis) is 1. The molecule has 1 saturated heterocycles. The minimum Gasteiger partial charge on any atom is -0.444 e. The number of nitrogens with zero attached hydrogens (tertiary/aromatic N) is 1. The summed E-state index contributed by atoms with van der Waals surface area (Å²) in [7, 11) is 0. The summed E-state index contributed by atoms with van der Waals surface area (Å²) >= 11 is 0. The lowest BCUT2D eigenvalue weighted by Gasteiger charge is -2.30. The van der Waals surface area contributed by atoms with E-state index in [9.17, 15) is 14.7 Å². The number of aliphatic hydroxyl groups excluding tert-OH is 1. The van der Waals surface area contributed by atoms with Gasteiger partial charge in [-0.1, -0.05) is 18.2 Å². The largest absolute Gasteiger partial charge is 0.444 e. The van der Waals surface area contributed by atoms with Gasteiger partial charge in [-0.25, -0.2) is 4.79 Å². The van der Waals surface area contributed by atoms with Crippen LogP contribution in [0.1, 0.15) is 62.8 Å². The molecule has 0 bridgehead atoms. The highest BCUT2D eigenvalue weighted by atomic mass is 16.6. The molecule has 2 N–H and O–H groups in total. The normalized spacial score (nSPS) is 20.5. The summed E-state index contributed by atoms with van der Waals surface area (Å²) in [6.07, 6.45) is 3.05. The predicted octanol–water partition coefficient (Wildman–Crippen LogP) is 2.72. The van der Waals surface area contributed by atoms with E-state index in [-0.39, 0.29) is 11.9 Å². The second-order valence-electron chi connectivity index (χ2n) is 8.41. The van der Waals surface area contributed by atoms with Crippen LogP contribution in [0.4, 0.5) is 4.79 Å². The van der Waals surface area contributed by atoms with Crippen molar-refractivity contribution >= 4 is 12.0 Å². The van der Waals surface area contributed by atoms with Crippen LogP contribution in [0.15, 0.2) is 18.2 Å². The Balaban J connectivity index is 1.63. The van der Waals surface area contributed by atoms with E-state index in [0.717, 1.165) is 24.8 Å². The Morgan fingerprint density at radius 1 is 1.33 bits per heavy atom. The highest BCUT2D eigenvalue weighted by molar-refractivity contribution is 5.79. The Labute approximate surface area is 160 Å². The molecule has 148 valence electrons. The van der Waals surface area contributed by atoms with Gasteiger partial charge in [0, 0.05) is 19.5 Å². The number of amides is 2. The molecule has 0 unspecified atom stereocenters. The molecule has 1 aromatic carbocycles. The van der Waals surface area contributed by atoms with Crippen LogP contribution in [-0.2, 0) is 22.4 Å². The third kappa shape index (κ3) is 4.61. The van der Waals surface area contributed by atoms with Crippen molar-refractivity contribution in [3.63, 3.8) is 0 Å². The van der Waals surface area contributed by atoms with E-state index in [4.69, 9.17) is 4.74 Å². The number of fused-ring (bicyclic) bond motifs is 1. The molecule has 2 aliphatic rings. The third-order valence-corrected chi connectivity index (χ3v) is 5.26. The number of aliphatic hydroxyl groups is 1. The highest BCUT2D eigenvalue weighted by Gasteiger charge is 2.37. The van der Waals surface area contributed by atoms with Crippen LogP contribution in [0.2, 0.25) is 0 Å². The van der Waals surface area contributed by atoms with Crippen LogP contribution < -0.4 is 5.32 Å². The summed E-state index contributed by atoms with van der Waals surface area (Å²) in [5.74, 6) is 0.0256. The van der Waals surface area contributed by atoms with E-state index in [1.807, 2.05) is 12.1 Å². The van der Waals surface area contributed by atoms with Crippen LogP contribution in [0, 0.1) is 0 Å². The summed E-state index contributed by atoms with van der Waals surface area (Å²) in [4.78, 5) is 25.8. The molecule has 0 radical (unpaired) electrons. The van der Waals surface area contributed by atoms with Crippen molar-refractivity contribution in [3.8, 4) is 0 Å². The molecule has 1 fully saturated rings. The van der Waals surface area contributed by atoms with Gasteiger partial charge in [-0.2, -0.15) is 0 Å². The van der Waals surface area contributed by atoms with Gasteiger partial charge in [-0.3, -0.25) is 4.79 Å². The van der Waals surface area contributed by atoms with Crippen molar-refractivity contribution in [2.45, 2.75) is 70.6 Å². The maximum atomic E-state index is 12.3. The maximum Gasteiger partial charge on any atom is 0.407 e. The monoisotopic (exact) mass is 374 g/mol. The molecule has 0 spiro atoms. The lowest BCUT2D eigenvalue weighted by atomic mass is 9.93. The molecule has 1 aliphatic heterocycles. The molecule has 6 nitrogen and oxygen atoms in total. The van der Waals surface area contributed by atoms with Crippen LogP contribution >= 0.6 is 0 Å². The van der Waals surface area contributed by atoms with Gasteiger partial charge in [0.25, 0.3) is 0 Å². The SMILES string of the molecule is CC(C)(C)OC(=O)NCCN1C(=O)CC[C@H]1[C@H](O)c1cccc2c1CCC2. The first-order valence-corrected chi connectivity index (χ1v) is 9.81. The lowest BCUT2D eigenvalue weighted by molar-refractivity contribution is -0.130. The predicted molar refractivity (Wildman–Crippen MR) is 102 cm³/mol. The number of hydrogen-bond acceptors (Lipinski definition) is 4. The number of likely N-dealkylation sites (tertiary alicyclic amines) is 1. The van der Waals surface area contributed by atoms with Gasteiger partial charge in [0.15, 0.2) is 0 Å². The zero-order valence-electron chi connectivity index (χ0n) is 16.5. The van der Waals surface area contributed by atoms with Gasteiger partial charge in [-0.15, -0.1) is 0 Å². The van der Waals surface area contributed by atoms with Crippen LogP contribution in [-0.4, -0.2) is 46.7 Å². The molecule has 27 heavy (non-hydrogen) atoms. The van der Waals surface area contributed by atoms with E-state index in [1.165, 1.54) is 11.1 Å². The summed E-state index contributed by atoms with van der Waals surface area (Å²) in [5.41, 5.74) is 2.96. The number of rotatable bonds is 5. The Bertz CT molecular complexity index is 711. The Morgan fingerprint density at radius 2 is 2.11 bits per heavy atom. The van der Waals surface area contributed by atoms with Crippen molar-refractivity contribution in [3.05, 3.63) is 34.9 Å². The topological polar surface area (TPSA) is 78.9 Å². The first-order chi connectivity index (χ1) is 12.8. The Hall–Kier alpha value is -2.08. The summed E-state index contributed by atoms with van der Waals surface area (Å²) in [5, 5.41) is 13.7. The molecule has 0 aromatic heterocycles. The van der Waals surface area contributed by atoms with Gasteiger partial charge in [0.2, 0.25) is 5.91 Å². The number of carbonyl (C=O) groups is 2. The average Bonchev–Trinajstić information content (AvgIpc) is 3.19. The van der Waals surface area contributed by atoms with Crippen molar-refractivity contribution < 1.29 is 19.4 Å². The third-order valence-electron chi connectivity index (χ3n) is 5.26. The molecular formula is C21H30N2O4. The molecule has 1 aromatic rings. The fourth-order valence-electron chi connectivity index (χ4n) is 4.10. The number of carbonyl (C=O) groups excluding carboxylic acids is 2. The van der Waals surface area contributed by atoms with Gasteiger partial charge < -0.3 is 20.1 Å². The molecule has 6 heteroatoms. The number of ether oxygens (including phenoxy) is 1. The highest BCUT2D eigenvalue weighted by Crippen LogP contribution is 2.35. The minimum absolute atomic E-state index is 0.0256. The summed E-state index contributed by atoms with van der Waals surface area (Å²) in [6.45, 7) is 6.09. The first kappa shape index (κ1) is 19.7. The molecular weight excluding hydrogens is 344 g/mol. The lowest BCUT2D eigenvalue weighted by Crippen LogP contribution is -2.43. The number of aryl methyl sites for hydroxylation is 1. The molecule has 2 atom stereocenters. The second kappa shape index (κ2) is 7.89. The minimum atomic E-state index is -0.689. The van der Waals surface area contributed by atoms with Crippen molar-refractivity contribution in [1.29, 1.82) is 0 Å². The van der Waals surface area contributed by atoms with E-state index in [0.29, 0.717) is 25.9 Å². The number of hydrogen-bond donors (Lipinski definition) is 2. The number of benzene rings is 1. The fourth-order valence-corrected chi connectivity index (χ4v) is 4.10. The molecule has 3 rings (SSSR count). The quantitative estimate of drug-likeness (QED) is 0.831. The Morgan fingerprint density at radius 3 is 2.85 bits per heavy atom. The van der Waals surface area contributed by atoms with Crippen LogP contribution in [0.5, 0.6) is 0 Å². The van der Waals surface area contributed by atoms with Crippen LogP contribution in [0.25, 0.3) is 0 Å². The molecule has 0 saturated carbocycles. The van der Waals surface area contributed by atoms with Gasteiger partial charge in [0.1, 0.15) is 5.60 Å².